The minimum Gasteiger partial charge on any atom is -0.506 e. The number of nitrogens with one attached hydrogen (secondary N) is 2. The van der Waals surface area contributed by atoms with Gasteiger partial charge in [-0.3, -0.25) is 4.79 Å². The lowest BCUT2D eigenvalue weighted by atomic mass is 9.94. The number of phenolic OH excluding ortho intramolecular Hbond substituents is 1. The van der Waals surface area contributed by atoms with Gasteiger partial charge in [0.05, 0.1) is 11.2 Å². The zero-order valence-electron chi connectivity index (χ0n) is 12.3. The van der Waals surface area contributed by atoms with E-state index in [1.807, 2.05) is 18.2 Å². The lowest BCUT2D eigenvalue weighted by molar-refractivity contribution is 0.0169. The molecule has 4 N–H and O–H groups in total. The van der Waals surface area contributed by atoms with Crippen LogP contribution in [0.4, 0.5) is 0 Å². The Morgan fingerprint density at radius 1 is 1.27 bits per heavy atom. The zero-order chi connectivity index (χ0) is 15.6. The van der Waals surface area contributed by atoms with Crippen LogP contribution in [0.5, 0.6) is 5.75 Å². The van der Waals surface area contributed by atoms with Crippen molar-refractivity contribution in [2.45, 2.75) is 18.4 Å². The van der Waals surface area contributed by atoms with Crippen molar-refractivity contribution in [3.63, 3.8) is 0 Å². The van der Waals surface area contributed by atoms with E-state index < -0.39 is 5.60 Å². The number of carbonyl (C=O) groups is 1. The van der Waals surface area contributed by atoms with Crippen molar-refractivity contribution in [2.75, 3.05) is 19.6 Å². The van der Waals surface area contributed by atoms with E-state index in [1.54, 1.807) is 18.2 Å². The fraction of sp³-hybridized carbons (Fsp3) is 0.353. The Hall–Kier alpha value is -2.11. The fourth-order valence-electron chi connectivity index (χ4n) is 2.88. The van der Waals surface area contributed by atoms with E-state index in [9.17, 15) is 15.0 Å². The summed E-state index contributed by atoms with van der Waals surface area (Å²) in [6, 6.07) is 10.8. The van der Waals surface area contributed by atoms with Gasteiger partial charge in [0.1, 0.15) is 5.75 Å². The van der Waals surface area contributed by atoms with E-state index in [2.05, 4.69) is 10.6 Å². The number of phenols is 1. The van der Waals surface area contributed by atoms with E-state index >= 15 is 0 Å². The van der Waals surface area contributed by atoms with Gasteiger partial charge in [-0.2, -0.15) is 0 Å². The molecule has 1 aliphatic heterocycles. The minimum absolute atomic E-state index is 0.0237. The highest BCUT2D eigenvalue weighted by Gasteiger charge is 2.29. The molecule has 0 bridgehead atoms. The van der Waals surface area contributed by atoms with Crippen molar-refractivity contribution in [1.82, 2.24) is 10.6 Å². The number of β-amino-alcohol motifs (C(OH)–C–C–N with tert-alkyl or cyclic N) is 1. The average molecular weight is 300 g/mol. The quantitative estimate of drug-likeness (QED) is 0.690. The summed E-state index contributed by atoms with van der Waals surface area (Å²) in [5.41, 5.74) is -0.688. The predicted molar refractivity (Wildman–Crippen MR) is 85.0 cm³/mol. The Kier molecular flexibility index (Phi) is 4.00. The van der Waals surface area contributed by atoms with E-state index in [4.69, 9.17) is 0 Å². The highest BCUT2D eigenvalue weighted by Crippen LogP contribution is 2.28. The molecule has 2 aromatic carbocycles. The molecule has 1 heterocycles. The second kappa shape index (κ2) is 5.94. The van der Waals surface area contributed by atoms with Gasteiger partial charge in [-0.05, 0) is 30.8 Å². The Balaban J connectivity index is 1.76. The number of amides is 1. The molecule has 0 spiro atoms. The van der Waals surface area contributed by atoms with E-state index in [0.29, 0.717) is 18.4 Å². The van der Waals surface area contributed by atoms with Gasteiger partial charge in [0, 0.05) is 18.5 Å². The van der Waals surface area contributed by atoms with Gasteiger partial charge in [0.2, 0.25) is 0 Å². The normalized spacial score (nSPS) is 21.7. The average Bonchev–Trinajstić information content (AvgIpc) is 2.54. The number of hydrogen-bond acceptors (Lipinski definition) is 4. The Morgan fingerprint density at radius 3 is 2.86 bits per heavy atom. The van der Waals surface area contributed by atoms with Crippen LogP contribution in [0.15, 0.2) is 36.4 Å². The number of piperidine rings is 1. The molecule has 3 rings (SSSR count). The first kappa shape index (κ1) is 14.8. The third-order valence-electron chi connectivity index (χ3n) is 4.17. The minimum atomic E-state index is -0.916. The molecular weight excluding hydrogens is 280 g/mol. The summed E-state index contributed by atoms with van der Waals surface area (Å²) in [5.74, 6) is -0.397. The van der Waals surface area contributed by atoms with Gasteiger partial charge in [-0.25, -0.2) is 0 Å². The standard InChI is InChI=1S/C17H20N2O3/c20-15-13-5-2-1-4-12(13)6-7-14(15)16(21)19-11-17(22)8-3-9-18-10-17/h1-2,4-7,18,20,22H,3,8-11H2,(H,19,21). The summed E-state index contributed by atoms with van der Waals surface area (Å²) in [6.45, 7) is 1.53. The number of carbonyl (C=O) groups excluding carboxylic acids is 1. The van der Waals surface area contributed by atoms with Crippen molar-refractivity contribution >= 4 is 16.7 Å². The topological polar surface area (TPSA) is 81.6 Å². The maximum atomic E-state index is 12.3. The van der Waals surface area contributed by atoms with Crippen molar-refractivity contribution in [2.24, 2.45) is 0 Å². The second-order valence-corrected chi connectivity index (χ2v) is 5.87. The highest BCUT2D eigenvalue weighted by molar-refractivity contribution is 6.03. The second-order valence-electron chi connectivity index (χ2n) is 5.87. The Labute approximate surface area is 129 Å². The zero-order valence-corrected chi connectivity index (χ0v) is 12.3. The molecule has 2 aromatic rings. The van der Waals surface area contributed by atoms with E-state index in [0.717, 1.165) is 18.4 Å². The first-order valence-electron chi connectivity index (χ1n) is 7.51. The molecule has 1 unspecified atom stereocenters. The molecule has 0 saturated carbocycles. The molecule has 1 saturated heterocycles. The molecule has 0 aromatic heterocycles. The van der Waals surface area contributed by atoms with Crippen molar-refractivity contribution in [1.29, 1.82) is 0 Å². The first-order valence-corrected chi connectivity index (χ1v) is 7.51. The number of fused-ring (bicyclic) bond motifs is 1. The molecule has 1 amide bonds. The highest BCUT2D eigenvalue weighted by atomic mass is 16.3. The van der Waals surface area contributed by atoms with Crippen molar-refractivity contribution in [3.8, 4) is 5.75 Å². The largest absolute Gasteiger partial charge is 0.506 e. The predicted octanol–water partition coefficient (Wildman–Crippen LogP) is 1.39. The molecule has 5 heteroatoms. The van der Waals surface area contributed by atoms with Crippen LogP contribution in [0.1, 0.15) is 23.2 Å². The number of benzene rings is 2. The lowest BCUT2D eigenvalue weighted by Crippen LogP contribution is -2.52. The van der Waals surface area contributed by atoms with Crippen molar-refractivity contribution < 1.29 is 15.0 Å². The molecular formula is C17H20N2O3. The van der Waals surface area contributed by atoms with Gasteiger partial charge >= 0.3 is 0 Å². The molecule has 0 radical (unpaired) electrons. The first-order chi connectivity index (χ1) is 10.6. The smallest absolute Gasteiger partial charge is 0.255 e. The lowest BCUT2D eigenvalue weighted by Gasteiger charge is -2.32. The molecule has 1 aliphatic rings. The third kappa shape index (κ3) is 2.91. The Bertz CT molecular complexity index is 693. The van der Waals surface area contributed by atoms with Gasteiger partial charge < -0.3 is 20.8 Å². The number of aromatic hydroxyl groups is 1. The Morgan fingerprint density at radius 2 is 2.09 bits per heavy atom. The van der Waals surface area contributed by atoms with Crippen LogP contribution in [0.25, 0.3) is 10.8 Å². The summed E-state index contributed by atoms with van der Waals surface area (Å²) in [4.78, 5) is 12.3. The van der Waals surface area contributed by atoms with E-state index in [-0.39, 0.29) is 23.8 Å². The van der Waals surface area contributed by atoms with Crippen LogP contribution in [-0.4, -0.2) is 41.4 Å². The molecule has 1 atom stereocenters. The molecule has 0 aliphatic carbocycles. The summed E-state index contributed by atoms with van der Waals surface area (Å²) in [6.07, 6.45) is 1.54. The van der Waals surface area contributed by atoms with Crippen LogP contribution in [0.2, 0.25) is 0 Å². The van der Waals surface area contributed by atoms with Crippen LogP contribution in [0, 0.1) is 0 Å². The van der Waals surface area contributed by atoms with E-state index in [1.165, 1.54) is 0 Å². The maximum absolute atomic E-state index is 12.3. The summed E-state index contributed by atoms with van der Waals surface area (Å²) in [7, 11) is 0. The molecule has 1 fully saturated rings. The SMILES string of the molecule is O=C(NCC1(O)CCCNC1)c1ccc2ccccc2c1O. The number of hydrogen-bond donors (Lipinski definition) is 4. The van der Waals surface area contributed by atoms with Gasteiger partial charge in [0.25, 0.3) is 5.91 Å². The van der Waals surface area contributed by atoms with Crippen LogP contribution >= 0.6 is 0 Å². The molecule has 22 heavy (non-hydrogen) atoms. The van der Waals surface area contributed by atoms with Crippen LogP contribution in [-0.2, 0) is 0 Å². The van der Waals surface area contributed by atoms with Gasteiger partial charge in [0.15, 0.2) is 0 Å². The molecule has 5 nitrogen and oxygen atoms in total. The third-order valence-corrected chi connectivity index (χ3v) is 4.17. The molecule has 116 valence electrons. The summed E-state index contributed by atoms with van der Waals surface area (Å²) < 4.78 is 0. The fourth-order valence-corrected chi connectivity index (χ4v) is 2.88. The number of rotatable bonds is 3. The maximum Gasteiger partial charge on any atom is 0.255 e. The van der Waals surface area contributed by atoms with Crippen LogP contribution < -0.4 is 10.6 Å². The summed E-state index contributed by atoms with van der Waals surface area (Å²) in [5, 5.41) is 28.0. The van der Waals surface area contributed by atoms with Gasteiger partial charge in [-0.1, -0.05) is 30.3 Å². The van der Waals surface area contributed by atoms with Crippen LogP contribution in [0.3, 0.4) is 0 Å². The van der Waals surface area contributed by atoms with Gasteiger partial charge in [-0.15, -0.1) is 0 Å². The summed E-state index contributed by atoms with van der Waals surface area (Å²) >= 11 is 0. The number of aliphatic hydroxyl groups is 1. The van der Waals surface area contributed by atoms with Crippen molar-refractivity contribution in [3.05, 3.63) is 42.0 Å². The monoisotopic (exact) mass is 300 g/mol.